The second kappa shape index (κ2) is 11.0. The lowest BCUT2D eigenvalue weighted by Gasteiger charge is -2.36. The molecule has 2 aromatic carbocycles. The van der Waals surface area contributed by atoms with Gasteiger partial charge in [-0.25, -0.2) is 9.78 Å². The number of ether oxygens (including phenoxy) is 1. The SMILES string of the molecule is CCOC(=O)c1ccc(N2CCN(C(=O)[C@@H](C)NC(=O)Cc3cccc4ccccc34)CC2)nc1. The molecule has 0 spiro atoms. The summed E-state index contributed by atoms with van der Waals surface area (Å²) in [5, 5.41) is 4.99. The lowest BCUT2D eigenvalue weighted by Crippen LogP contribution is -2.54. The van der Waals surface area contributed by atoms with Crippen LogP contribution in [-0.2, 0) is 20.7 Å². The number of fused-ring (bicyclic) bond motifs is 1. The lowest BCUT2D eigenvalue weighted by molar-refractivity contribution is -0.136. The van der Waals surface area contributed by atoms with E-state index in [0.717, 1.165) is 22.2 Å². The van der Waals surface area contributed by atoms with E-state index in [0.29, 0.717) is 38.3 Å². The van der Waals surface area contributed by atoms with Crippen LogP contribution in [0.25, 0.3) is 10.8 Å². The second-order valence-corrected chi connectivity index (χ2v) is 8.54. The molecular formula is C27H30N4O4. The van der Waals surface area contributed by atoms with E-state index in [1.165, 1.54) is 6.20 Å². The molecule has 1 N–H and O–H groups in total. The molecule has 1 aromatic heterocycles. The van der Waals surface area contributed by atoms with Crippen molar-refractivity contribution in [1.82, 2.24) is 15.2 Å². The fourth-order valence-corrected chi connectivity index (χ4v) is 4.31. The standard InChI is InChI=1S/C27H30N4O4/c1-3-35-27(34)22-11-12-24(28-18-22)30-13-15-31(16-14-30)26(33)19(2)29-25(32)17-21-9-6-8-20-7-4-5-10-23(20)21/h4-12,18-19H,3,13-17H2,1-2H3,(H,29,32)/t19-/m1/s1. The van der Waals surface area contributed by atoms with Crippen LogP contribution in [0.5, 0.6) is 0 Å². The van der Waals surface area contributed by atoms with E-state index in [1.54, 1.807) is 30.9 Å². The minimum atomic E-state index is -0.606. The number of aromatic nitrogens is 1. The third kappa shape index (κ3) is 5.77. The fraction of sp³-hybridized carbons (Fsp3) is 0.333. The van der Waals surface area contributed by atoms with Gasteiger partial charge in [0, 0.05) is 32.4 Å². The minimum absolute atomic E-state index is 0.0958. The van der Waals surface area contributed by atoms with Crippen molar-refractivity contribution in [3.8, 4) is 0 Å². The third-order valence-corrected chi connectivity index (χ3v) is 6.15. The zero-order valence-electron chi connectivity index (χ0n) is 20.1. The number of nitrogens with one attached hydrogen (secondary N) is 1. The van der Waals surface area contributed by atoms with Gasteiger partial charge >= 0.3 is 5.97 Å². The monoisotopic (exact) mass is 474 g/mol. The molecule has 1 saturated heterocycles. The van der Waals surface area contributed by atoms with Gasteiger partial charge in [0.2, 0.25) is 11.8 Å². The predicted molar refractivity (Wildman–Crippen MR) is 134 cm³/mol. The molecule has 1 fully saturated rings. The summed E-state index contributed by atoms with van der Waals surface area (Å²) in [7, 11) is 0. The van der Waals surface area contributed by atoms with Crippen LogP contribution >= 0.6 is 0 Å². The van der Waals surface area contributed by atoms with Crippen LogP contribution in [0.1, 0.15) is 29.8 Å². The van der Waals surface area contributed by atoms with Gasteiger partial charge in [0.25, 0.3) is 0 Å². The van der Waals surface area contributed by atoms with Crippen molar-refractivity contribution in [2.45, 2.75) is 26.3 Å². The number of carbonyl (C=O) groups excluding carboxylic acids is 3. The van der Waals surface area contributed by atoms with E-state index in [4.69, 9.17) is 4.74 Å². The highest BCUT2D eigenvalue weighted by atomic mass is 16.5. The van der Waals surface area contributed by atoms with Crippen LogP contribution in [0.2, 0.25) is 0 Å². The number of benzene rings is 2. The Morgan fingerprint density at radius 2 is 1.74 bits per heavy atom. The summed E-state index contributed by atoms with van der Waals surface area (Å²) in [4.78, 5) is 45.6. The molecule has 8 nitrogen and oxygen atoms in total. The second-order valence-electron chi connectivity index (χ2n) is 8.54. The summed E-state index contributed by atoms with van der Waals surface area (Å²) in [5.74, 6) is 0.0910. The van der Waals surface area contributed by atoms with Crippen molar-refractivity contribution in [1.29, 1.82) is 0 Å². The molecule has 3 aromatic rings. The number of piperazine rings is 1. The number of amides is 2. The molecule has 2 heterocycles. The van der Waals surface area contributed by atoms with Crippen molar-refractivity contribution in [3.63, 3.8) is 0 Å². The molecule has 182 valence electrons. The highest BCUT2D eigenvalue weighted by molar-refractivity contribution is 5.92. The Balaban J connectivity index is 1.28. The molecule has 1 aliphatic heterocycles. The molecule has 0 unspecified atom stereocenters. The van der Waals surface area contributed by atoms with Crippen LogP contribution in [0.3, 0.4) is 0 Å². The van der Waals surface area contributed by atoms with Gasteiger partial charge in [0.05, 0.1) is 18.6 Å². The lowest BCUT2D eigenvalue weighted by atomic mass is 10.0. The number of carbonyl (C=O) groups is 3. The number of rotatable bonds is 7. The Labute approximate surface area is 204 Å². The van der Waals surface area contributed by atoms with Crippen molar-refractivity contribution in [2.24, 2.45) is 0 Å². The summed E-state index contributed by atoms with van der Waals surface area (Å²) in [6.07, 6.45) is 1.73. The Bertz CT molecular complexity index is 1200. The number of hydrogen-bond acceptors (Lipinski definition) is 6. The number of pyridine rings is 1. The highest BCUT2D eigenvalue weighted by Crippen LogP contribution is 2.19. The van der Waals surface area contributed by atoms with Crippen LogP contribution in [0, 0.1) is 0 Å². The molecule has 1 aliphatic rings. The van der Waals surface area contributed by atoms with E-state index in [-0.39, 0.29) is 18.2 Å². The van der Waals surface area contributed by atoms with Crippen molar-refractivity contribution in [3.05, 3.63) is 71.9 Å². The largest absolute Gasteiger partial charge is 0.462 e. The van der Waals surface area contributed by atoms with Crippen molar-refractivity contribution < 1.29 is 19.1 Å². The number of nitrogens with zero attached hydrogens (tertiary/aromatic N) is 3. The quantitative estimate of drug-likeness (QED) is 0.530. The first kappa shape index (κ1) is 24.2. The molecule has 8 heteroatoms. The van der Waals surface area contributed by atoms with E-state index < -0.39 is 12.0 Å². The van der Waals surface area contributed by atoms with Gasteiger partial charge in [-0.15, -0.1) is 0 Å². The number of esters is 1. The molecule has 35 heavy (non-hydrogen) atoms. The molecule has 0 aliphatic carbocycles. The van der Waals surface area contributed by atoms with Crippen LogP contribution in [0.4, 0.5) is 5.82 Å². The van der Waals surface area contributed by atoms with Crippen LogP contribution in [-0.4, -0.2) is 66.5 Å². The van der Waals surface area contributed by atoms with Crippen LogP contribution in [0.15, 0.2) is 60.8 Å². The normalized spacial score (nSPS) is 14.5. The Hall–Kier alpha value is -3.94. The topological polar surface area (TPSA) is 91.8 Å². The summed E-state index contributed by atoms with van der Waals surface area (Å²) < 4.78 is 4.99. The smallest absolute Gasteiger partial charge is 0.339 e. The molecule has 0 radical (unpaired) electrons. The summed E-state index contributed by atoms with van der Waals surface area (Å²) in [5.41, 5.74) is 1.35. The minimum Gasteiger partial charge on any atom is -0.462 e. The zero-order valence-corrected chi connectivity index (χ0v) is 20.1. The van der Waals surface area contributed by atoms with E-state index in [2.05, 4.69) is 15.2 Å². The third-order valence-electron chi connectivity index (χ3n) is 6.15. The molecule has 0 saturated carbocycles. The zero-order chi connectivity index (χ0) is 24.8. The molecule has 4 rings (SSSR count). The van der Waals surface area contributed by atoms with Crippen LogP contribution < -0.4 is 10.2 Å². The van der Waals surface area contributed by atoms with Gasteiger partial charge in [-0.1, -0.05) is 42.5 Å². The van der Waals surface area contributed by atoms with Crippen molar-refractivity contribution >= 4 is 34.4 Å². The van der Waals surface area contributed by atoms with E-state index in [9.17, 15) is 14.4 Å². The first-order chi connectivity index (χ1) is 17.0. The average molecular weight is 475 g/mol. The Kier molecular flexibility index (Phi) is 7.60. The van der Waals surface area contributed by atoms with Crippen molar-refractivity contribution in [2.75, 3.05) is 37.7 Å². The first-order valence-corrected chi connectivity index (χ1v) is 11.9. The highest BCUT2D eigenvalue weighted by Gasteiger charge is 2.26. The van der Waals surface area contributed by atoms with E-state index >= 15 is 0 Å². The van der Waals surface area contributed by atoms with Gasteiger partial charge < -0.3 is 19.9 Å². The number of anilines is 1. The summed E-state index contributed by atoms with van der Waals surface area (Å²) in [6.45, 7) is 6.11. The maximum Gasteiger partial charge on any atom is 0.339 e. The average Bonchev–Trinajstić information content (AvgIpc) is 2.89. The van der Waals surface area contributed by atoms with E-state index in [1.807, 2.05) is 42.5 Å². The number of hydrogen-bond donors (Lipinski definition) is 1. The summed E-state index contributed by atoms with van der Waals surface area (Å²) >= 11 is 0. The van der Waals surface area contributed by atoms with Gasteiger partial charge in [-0.2, -0.15) is 0 Å². The van der Waals surface area contributed by atoms with Gasteiger partial charge in [0.1, 0.15) is 11.9 Å². The maximum absolute atomic E-state index is 12.9. The van der Waals surface area contributed by atoms with Gasteiger partial charge in [-0.05, 0) is 42.3 Å². The maximum atomic E-state index is 12.9. The first-order valence-electron chi connectivity index (χ1n) is 11.9. The molecule has 2 amide bonds. The molecular weight excluding hydrogens is 444 g/mol. The summed E-state index contributed by atoms with van der Waals surface area (Å²) in [6, 6.07) is 16.8. The Morgan fingerprint density at radius 1 is 1.00 bits per heavy atom. The predicted octanol–water partition coefficient (Wildman–Crippen LogP) is 2.81. The molecule has 1 atom stereocenters. The fourth-order valence-electron chi connectivity index (χ4n) is 4.31. The van der Waals surface area contributed by atoms with Gasteiger partial charge in [0.15, 0.2) is 0 Å². The Morgan fingerprint density at radius 3 is 2.46 bits per heavy atom. The van der Waals surface area contributed by atoms with Gasteiger partial charge in [-0.3, -0.25) is 9.59 Å². The molecule has 0 bridgehead atoms.